The number of ether oxygens (including phenoxy) is 1. The molecule has 0 unspecified atom stereocenters. The van der Waals surface area contributed by atoms with Crippen LogP contribution in [0, 0.1) is 0 Å². The Balaban J connectivity index is 2.64. The van der Waals surface area contributed by atoms with Crippen LogP contribution in [0.4, 0.5) is 11.5 Å². The first-order valence-corrected chi connectivity index (χ1v) is 6.58. The highest BCUT2D eigenvalue weighted by Gasteiger charge is 2.15. The van der Waals surface area contributed by atoms with Crippen molar-refractivity contribution < 1.29 is 9.53 Å². The Morgan fingerprint density at radius 3 is 2.60 bits per heavy atom. The van der Waals surface area contributed by atoms with Crippen molar-refractivity contribution >= 4 is 17.4 Å². The van der Waals surface area contributed by atoms with Gasteiger partial charge >= 0.3 is 0 Å². The van der Waals surface area contributed by atoms with Gasteiger partial charge in [0.2, 0.25) is 11.8 Å². The predicted molar refractivity (Wildman–Crippen MR) is 80.8 cm³/mol. The average Bonchev–Trinajstić information content (AvgIpc) is 2.31. The van der Waals surface area contributed by atoms with Crippen molar-refractivity contribution in [2.24, 2.45) is 0 Å². The number of nitrogen functional groups attached to an aromatic ring is 1. The molecule has 0 spiro atoms. The molecule has 1 rings (SSSR count). The Morgan fingerprint density at radius 2 is 2.05 bits per heavy atom. The molecule has 0 saturated heterocycles. The van der Waals surface area contributed by atoms with Gasteiger partial charge in [0.15, 0.2) is 0 Å². The van der Waals surface area contributed by atoms with Crippen molar-refractivity contribution in [1.29, 1.82) is 0 Å². The molecule has 0 aromatic carbocycles. The fourth-order valence-electron chi connectivity index (χ4n) is 1.44. The van der Waals surface area contributed by atoms with Crippen LogP contribution in [0.3, 0.4) is 0 Å². The fraction of sp³-hybridized carbons (Fsp3) is 0.571. The number of carbonyl (C=O) groups excluding carboxylic acids is 1. The lowest BCUT2D eigenvalue weighted by molar-refractivity contribution is -0.128. The van der Waals surface area contributed by atoms with Gasteiger partial charge in [-0.3, -0.25) is 4.79 Å². The topological polar surface area (TPSA) is 80.5 Å². The number of carbonyl (C=O) groups is 1. The zero-order chi connectivity index (χ0) is 15.3. The van der Waals surface area contributed by atoms with Gasteiger partial charge in [0, 0.05) is 27.1 Å². The monoisotopic (exact) mass is 280 g/mol. The Hall–Kier alpha value is -1.98. The number of hydrogen-bond acceptors (Lipinski definition) is 5. The molecule has 3 N–H and O–H groups in total. The van der Waals surface area contributed by atoms with E-state index >= 15 is 0 Å². The van der Waals surface area contributed by atoms with E-state index in [4.69, 9.17) is 10.5 Å². The third-order valence-electron chi connectivity index (χ3n) is 2.44. The summed E-state index contributed by atoms with van der Waals surface area (Å²) in [5.74, 6) is 1.12. The van der Waals surface area contributed by atoms with Gasteiger partial charge in [-0.05, 0) is 32.9 Å². The summed E-state index contributed by atoms with van der Waals surface area (Å²) in [6, 6.07) is 3.51. The SMILES string of the molecule is CN(C)C(=O)CCNc1ccc(N)c(OC(C)(C)C)n1. The van der Waals surface area contributed by atoms with Crippen LogP contribution in [-0.4, -0.2) is 42.0 Å². The van der Waals surface area contributed by atoms with E-state index in [1.165, 1.54) is 0 Å². The minimum absolute atomic E-state index is 0.0686. The molecular weight excluding hydrogens is 256 g/mol. The van der Waals surface area contributed by atoms with Crippen LogP contribution in [0.5, 0.6) is 5.88 Å². The van der Waals surface area contributed by atoms with Crippen LogP contribution in [0.25, 0.3) is 0 Å². The van der Waals surface area contributed by atoms with Crippen LogP contribution >= 0.6 is 0 Å². The summed E-state index contributed by atoms with van der Waals surface area (Å²) in [5.41, 5.74) is 5.97. The zero-order valence-corrected chi connectivity index (χ0v) is 12.9. The highest BCUT2D eigenvalue weighted by Crippen LogP contribution is 2.24. The molecule has 1 aromatic heterocycles. The highest BCUT2D eigenvalue weighted by atomic mass is 16.5. The van der Waals surface area contributed by atoms with Gasteiger partial charge in [0.25, 0.3) is 0 Å². The minimum atomic E-state index is -0.360. The molecule has 0 aliphatic rings. The van der Waals surface area contributed by atoms with Gasteiger partial charge in [0.05, 0.1) is 5.69 Å². The Morgan fingerprint density at radius 1 is 1.40 bits per heavy atom. The maximum absolute atomic E-state index is 11.5. The van der Waals surface area contributed by atoms with E-state index in [1.54, 1.807) is 31.1 Å². The second-order valence-corrected chi connectivity index (χ2v) is 5.77. The summed E-state index contributed by atoms with van der Waals surface area (Å²) < 4.78 is 5.69. The lowest BCUT2D eigenvalue weighted by atomic mass is 10.2. The van der Waals surface area contributed by atoms with E-state index in [0.717, 1.165) is 0 Å². The molecule has 0 atom stereocenters. The van der Waals surface area contributed by atoms with E-state index in [2.05, 4.69) is 10.3 Å². The normalized spacial score (nSPS) is 11.1. The Labute approximate surface area is 120 Å². The minimum Gasteiger partial charge on any atom is -0.470 e. The lowest BCUT2D eigenvalue weighted by Gasteiger charge is -2.21. The highest BCUT2D eigenvalue weighted by molar-refractivity contribution is 5.76. The van der Waals surface area contributed by atoms with Crippen LogP contribution in [0.1, 0.15) is 27.2 Å². The molecule has 20 heavy (non-hydrogen) atoms. The molecule has 0 fully saturated rings. The lowest BCUT2D eigenvalue weighted by Crippen LogP contribution is -2.25. The van der Waals surface area contributed by atoms with Gasteiger partial charge in [-0.25, -0.2) is 0 Å². The molecule has 6 heteroatoms. The Bertz CT molecular complexity index is 467. The van der Waals surface area contributed by atoms with Gasteiger partial charge in [-0.1, -0.05) is 0 Å². The molecule has 6 nitrogen and oxygen atoms in total. The standard InChI is InChI=1S/C14H24N4O2/c1-14(2,3)20-13-10(15)6-7-11(17-13)16-9-8-12(19)18(4)5/h6-7H,8-9,15H2,1-5H3,(H,16,17). The maximum atomic E-state index is 11.5. The molecule has 1 aromatic rings. The smallest absolute Gasteiger partial charge is 0.239 e. The molecular formula is C14H24N4O2. The number of hydrogen-bond donors (Lipinski definition) is 2. The number of nitrogens with zero attached hydrogens (tertiary/aromatic N) is 2. The van der Waals surface area contributed by atoms with Crippen molar-refractivity contribution in [1.82, 2.24) is 9.88 Å². The summed E-state index contributed by atoms with van der Waals surface area (Å²) in [6.07, 6.45) is 0.411. The first kappa shape index (κ1) is 16.1. The van der Waals surface area contributed by atoms with E-state index in [0.29, 0.717) is 30.4 Å². The van der Waals surface area contributed by atoms with Crippen molar-refractivity contribution in [2.45, 2.75) is 32.8 Å². The van der Waals surface area contributed by atoms with Gasteiger partial charge in [-0.2, -0.15) is 4.98 Å². The fourth-order valence-corrected chi connectivity index (χ4v) is 1.44. The molecule has 0 aliphatic carbocycles. The summed E-state index contributed by atoms with van der Waals surface area (Å²) >= 11 is 0. The van der Waals surface area contributed by atoms with Gasteiger partial charge in [-0.15, -0.1) is 0 Å². The molecule has 112 valence electrons. The third-order valence-corrected chi connectivity index (χ3v) is 2.44. The first-order chi connectivity index (χ1) is 9.19. The van der Waals surface area contributed by atoms with E-state index in [-0.39, 0.29) is 11.5 Å². The maximum Gasteiger partial charge on any atom is 0.239 e. The first-order valence-electron chi connectivity index (χ1n) is 6.58. The molecule has 0 radical (unpaired) electrons. The number of rotatable bonds is 5. The van der Waals surface area contributed by atoms with Crippen molar-refractivity contribution in [3.63, 3.8) is 0 Å². The van der Waals surface area contributed by atoms with E-state index in [9.17, 15) is 4.79 Å². The van der Waals surface area contributed by atoms with Crippen LogP contribution < -0.4 is 15.8 Å². The second-order valence-electron chi connectivity index (χ2n) is 5.77. The summed E-state index contributed by atoms with van der Waals surface area (Å²) in [5, 5.41) is 3.09. The molecule has 0 bridgehead atoms. The molecule has 0 saturated carbocycles. The van der Waals surface area contributed by atoms with E-state index < -0.39 is 0 Å². The zero-order valence-electron chi connectivity index (χ0n) is 12.9. The number of nitrogens with one attached hydrogen (secondary N) is 1. The number of nitrogens with two attached hydrogens (primary N) is 1. The number of anilines is 2. The molecule has 0 aliphatic heterocycles. The molecule has 1 amide bonds. The predicted octanol–water partition coefficient (Wildman–Crippen LogP) is 1.73. The third kappa shape index (κ3) is 5.34. The van der Waals surface area contributed by atoms with Gasteiger partial charge in [0.1, 0.15) is 11.4 Å². The van der Waals surface area contributed by atoms with Crippen molar-refractivity contribution in [3.05, 3.63) is 12.1 Å². The number of pyridine rings is 1. The quantitative estimate of drug-likeness (QED) is 0.858. The number of amides is 1. The van der Waals surface area contributed by atoms with Crippen LogP contribution in [0.15, 0.2) is 12.1 Å². The number of aromatic nitrogens is 1. The largest absolute Gasteiger partial charge is 0.470 e. The van der Waals surface area contributed by atoms with Crippen LogP contribution in [0.2, 0.25) is 0 Å². The Kier molecular flexibility index (Phi) is 5.19. The second kappa shape index (κ2) is 6.45. The van der Waals surface area contributed by atoms with Crippen LogP contribution in [-0.2, 0) is 4.79 Å². The van der Waals surface area contributed by atoms with Crippen molar-refractivity contribution in [3.8, 4) is 5.88 Å². The molecule has 1 heterocycles. The van der Waals surface area contributed by atoms with E-state index in [1.807, 2.05) is 20.8 Å². The summed E-state index contributed by atoms with van der Waals surface area (Å²) in [6.45, 7) is 6.32. The summed E-state index contributed by atoms with van der Waals surface area (Å²) in [4.78, 5) is 17.3. The van der Waals surface area contributed by atoms with Crippen molar-refractivity contribution in [2.75, 3.05) is 31.7 Å². The average molecular weight is 280 g/mol. The summed E-state index contributed by atoms with van der Waals surface area (Å²) in [7, 11) is 3.47. The van der Waals surface area contributed by atoms with Gasteiger partial charge < -0.3 is 20.7 Å².